The molecule has 2 aromatic rings. The van der Waals surface area contributed by atoms with Gasteiger partial charge in [0.1, 0.15) is 12.4 Å². The van der Waals surface area contributed by atoms with E-state index in [4.69, 9.17) is 4.74 Å². The van der Waals surface area contributed by atoms with E-state index in [9.17, 15) is 0 Å². The molecule has 2 heterocycles. The number of para-hydroxylation sites is 1. The Morgan fingerprint density at radius 3 is 2.95 bits per heavy atom. The number of rotatable bonds is 4. The summed E-state index contributed by atoms with van der Waals surface area (Å²) in [4.78, 5) is 2.85. The largest absolute Gasteiger partial charge is 0.491 e. The zero-order chi connectivity index (χ0) is 13.2. The smallest absolute Gasteiger partial charge is 0.124 e. The van der Waals surface area contributed by atoms with E-state index in [1.54, 1.807) is 0 Å². The molecule has 100 valence electrons. The average Bonchev–Trinajstić information content (AvgIpc) is 3.06. The van der Waals surface area contributed by atoms with E-state index in [-0.39, 0.29) is 0 Å². The molecule has 1 aliphatic rings. The summed E-state index contributed by atoms with van der Waals surface area (Å²) in [5.41, 5.74) is 1.28. The number of benzene rings is 1. The van der Waals surface area contributed by atoms with Gasteiger partial charge in [0, 0.05) is 21.4 Å². The molecule has 2 atom stereocenters. The summed E-state index contributed by atoms with van der Waals surface area (Å²) in [5.74, 6) is 1.02. The van der Waals surface area contributed by atoms with Crippen molar-refractivity contribution in [3.63, 3.8) is 0 Å². The van der Waals surface area contributed by atoms with Crippen LogP contribution in [0.3, 0.4) is 0 Å². The van der Waals surface area contributed by atoms with Crippen LogP contribution < -0.4 is 10.1 Å². The molecule has 3 rings (SSSR count). The number of fused-ring (bicyclic) bond motifs is 1. The molecule has 0 amide bonds. The minimum atomic E-state index is 0.304. The molecule has 0 radical (unpaired) electrons. The van der Waals surface area contributed by atoms with Crippen molar-refractivity contribution in [1.29, 1.82) is 0 Å². The third-order valence-corrected chi connectivity index (χ3v) is 5.02. The van der Waals surface area contributed by atoms with Gasteiger partial charge in [0.05, 0.1) is 6.04 Å². The fourth-order valence-electron chi connectivity index (χ4n) is 2.50. The molecule has 0 spiro atoms. The van der Waals surface area contributed by atoms with Gasteiger partial charge in [-0.05, 0) is 31.5 Å². The highest BCUT2D eigenvalue weighted by atomic mass is 32.1. The lowest BCUT2D eigenvalue weighted by Crippen LogP contribution is -2.25. The van der Waals surface area contributed by atoms with Gasteiger partial charge in [-0.15, -0.1) is 11.3 Å². The van der Waals surface area contributed by atoms with Crippen molar-refractivity contribution in [2.75, 3.05) is 6.61 Å². The van der Waals surface area contributed by atoms with Crippen LogP contribution in [0.15, 0.2) is 36.4 Å². The van der Waals surface area contributed by atoms with Crippen LogP contribution in [-0.2, 0) is 6.42 Å². The van der Waals surface area contributed by atoms with E-state index in [2.05, 4.69) is 43.4 Å². The molecule has 0 fully saturated rings. The normalized spacial score (nSPS) is 18.9. The Morgan fingerprint density at radius 1 is 1.32 bits per heavy atom. The summed E-state index contributed by atoms with van der Waals surface area (Å²) in [6, 6.07) is 13.4. The highest BCUT2D eigenvalue weighted by Gasteiger charge is 2.25. The maximum absolute atomic E-state index is 5.72. The first-order valence-electron chi connectivity index (χ1n) is 6.84. The highest BCUT2D eigenvalue weighted by molar-refractivity contribution is 7.12. The average molecular weight is 273 g/mol. The van der Waals surface area contributed by atoms with Crippen molar-refractivity contribution in [3.05, 3.63) is 51.7 Å². The lowest BCUT2D eigenvalue weighted by Gasteiger charge is -2.17. The molecule has 3 heteroatoms. The maximum atomic E-state index is 5.72. The SMILES string of the molecule is CCc1ccc(C(C)NC2COc3ccccc32)s1. The van der Waals surface area contributed by atoms with Crippen LogP contribution in [-0.4, -0.2) is 6.61 Å². The summed E-state index contributed by atoms with van der Waals surface area (Å²) < 4.78 is 5.72. The van der Waals surface area contributed by atoms with Gasteiger partial charge in [0.2, 0.25) is 0 Å². The molecule has 2 unspecified atom stereocenters. The minimum Gasteiger partial charge on any atom is -0.491 e. The first kappa shape index (κ1) is 12.7. The standard InChI is InChI=1S/C16H19NOS/c1-3-12-8-9-16(19-12)11(2)17-14-10-18-15-7-5-4-6-13(14)15/h4-9,11,14,17H,3,10H2,1-2H3. The monoisotopic (exact) mass is 273 g/mol. The number of hydrogen-bond donors (Lipinski definition) is 1. The molecular weight excluding hydrogens is 254 g/mol. The van der Waals surface area contributed by atoms with Gasteiger partial charge in [-0.2, -0.15) is 0 Å². The lowest BCUT2D eigenvalue weighted by molar-refractivity contribution is 0.301. The van der Waals surface area contributed by atoms with Gasteiger partial charge in [-0.1, -0.05) is 25.1 Å². The van der Waals surface area contributed by atoms with Crippen LogP contribution >= 0.6 is 11.3 Å². The van der Waals surface area contributed by atoms with E-state index < -0.39 is 0 Å². The van der Waals surface area contributed by atoms with E-state index in [0.717, 1.165) is 18.8 Å². The van der Waals surface area contributed by atoms with Gasteiger partial charge in [0.15, 0.2) is 0 Å². The molecule has 1 N–H and O–H groups in total. The van der Waals surface area contributed by atoms with Gasteiger partial charge >= 0.3 is 0 Å². The van der Waals surface area contributed by atoms with Gasteiger partial charge in [-0.25, -0.2) is 0 Å². The molecule has 0 bridgehead atoms. The van der Waals surface area contributed by atoms with Gasteiger partial charge < -0.3 is 4.74 Å². The summed E-state index contributed by atoms with van der Waals surface area (Å²) in [7, 11) is 0. The van der Waals surface area contributed by atoms with Crippen LogP contribution in [0, 0.1) is 0 Å². The molecule has 1 aromatic heterocycles. The molecule has 0 aliphatic carbocycles. The predicted molar refractivity (Wildman–Crippen MR) is 79.9 cm³/mol. The minimum absolute atomic E-state index is 0.304. The van der Waals surface area contributed by atoms with E-state index >= 15 is 0 Å². The second-order valence-electron chi connectivity index (χ2n) is 4.95. The van der Waals surface area contributed by atoms with Crippen LogP contribution in [0.2, 0.25) is 0 Å². The van der Waals surface area contributed by atoms with Crippen LogP contribution in [0.1, 0.15) is 41.2 Å². The molecule has 1 aromatic carbocycles. The second-order valence-corrected chi connectivity index (χ2v) is 6.15. The first-order chi connectivity index (χ1) is 9.28. The summed E-state index contributed by atoms with van der Waals surface area (Å²) in [6.07, 6.45) is 1.12. The zero-order valence-corrected chi connectivity index (χ0v) is 12.2. The predicted octanol–water partition coefficient (Wildman–Crippen LogP) is 4.09. The number of ether oxygens (including phenoxy) is 1. The van der Waals surface area contributed by atoms with Gasteiger partial charge in [-0.3, -0.25) is 5.32 Å². The number of aryl methyl sites for hydroxylation is 1. The molecule has 2 nitrogen and oxygen atoms in total. The third kappa shape index (κ3) is 2.53. The van der Waals surface area contributed by atoms with Crippen molar-refractivity contribution in [2.45, 2.75) is 32.4 Å². The topological polar surface area (TPSA) is 21.3 Å². The quantitative estimate of drug-likeness (QED) is 0.905. The van der Waals surface area contributed by atoms with Crippen molar-refractivity contribution < 1.29 is 4.74 Å². The Balaban J connectivity index is 1.72. The Kier molecular flexibility index (Phi) is 3.58. The van der Waals surface area contributed by atoms with E-state index in [0.29, 0.717) is 12.1 Å². The molecule has 0 saturated carbocycles. The van der Waals surface area contributed by atoms with Crippen molar-refractivity contribution >= 4 is 11.3 Å². The van der Waals surface area contributed by atoms with Crippen molar-refractivity contribution in [1.82, 2.24) is 5.32 Å². The Hall–Kier alpha value is -1.32. The molecule has 0 saturated heterocycles. The molecule has 19 heavy (non-hydrogen) atoms. The zero-order valence-electron chi connectivity index (χ0n) is 11.3. The second kappa shape index (κ2) is 5.35. The lowest BCUT2D eigenvalue weighted by atomic mass is 10.1. The van der Waals surface area contributed by atoms with Crippen LogP contribution in [0.5, 0.6) is 5.75 Å². The number of thiophene rings is 1. The molecular formula is C16H19NOS. The maximum Gasteiger partial charge on any atom is 0.124 e. The van der Waals surface area contributed by atoms with Crippen molar-refractivity contribution in [3.8, 4) is 5.75 Å². The highest BCUT2D eigenvalue weighted by Crippen LogP contribution is 2.34. The first-order valence-corrected chi connectivity index (χ1v) is 7.66. The number of hydrogen-bond acceptors (Lipinski definition) is 3. The van der Waals surface area contributed by atoms with Crippen LogP contribution in [0.25, 0.3) is 0 Å². The van der Waals surface area contributed by atoms with Crippen molar-refractivity contribution in [2.24, 2.45) is 0 Å². The van der Waals surface area contributed by atoms with E-state index in [1.807, 2.05) is 23.5 Å². The Bertz CT molecular complexity index is 563. The summed E-state index contributed by atoms with van der Waals surface area (Å²) >= 11 is 1.90. The summed E-state index contributed by atoms with van der Waals surface area (Å²) in [5, 5.41) is 3.67. The number of nitrogens with one attached hydrogen (secondary N) is 1. The fraction of sp³-hybridized carbons (Fsp3) is 0.375. The summed E-state index contributed by atoms with van der Waals surface area (Å²) in [6.45, 7) is 5.16. The Labute approximate surface area is 118 Å². The van der Waals surface area contributed by atoms with E-state index in [1.165, 1.54) is 15.3 Å². The van der Waals surface area contributed by atoms with Gasteiger partial charge in [0.25, 0.3) is 0 Å². The molecule has 1 aliphatic heterocycles. The fourth-order valence-corrected chi connectivity index (χ4v) is 3.47. The third-order valence-electron chi connectivity index (χ3n) is 3.61. The Morgan fingerprint density at radius 2 is 2.16 bits per heavy atom. The van der Waals surface area contributed by atoms with Crippen LogP contribution in [0.4, 0.5) is 0 Å².